The van der Waals surface area contributed by atoms with Crippen LogP contribution < -0.4 is 0 Å². The Hall–Kier alpha value is -2.91. The highest BCUT2D eigenvalue weighted by Gasteiger charge is 2.47. The van der Waals surface area contributed by atoms with Crippen molar-refractivity contribution in [2.45, 2.75) is 49.0 Å². The molecule has 0 aliphatic carbocycles. The third-order valence-corrected chi connectivity index (χ3v) is 8.86. The number of carbonyl (C=O) groups excluding carboxylic acids is 1. The first kappa shape index (κ1) is 28.1. The minimum Gasteiger partial charge on any atom is -0.481 e. The van der Waals surface area contributed by atoms with E-state index >= 15 is 0 Å². The molecule has 7 nitrogen and oxygen atoms in total. The Labute approximate surface area is 231 Å². The minimum atomic E-state index is -3.78. The molecule has 1 aliphatic heterocycles. The summed E-state index contributed by atoms with van der Waals surface area (Å²) in [5.74, 6) is -2.13. The first-order valence-electron chi connectivity index (χ1n) is 12.1. The topological polar surface area (TPSA) is 101 Å². The standard InChI is InChI=1S/C28H27Cl2NO6S/c1-2-22(17-38(35,36)23-9-4-3-5-10-23)31-26(18-11-13-20(29)14-12-18)27(19-7-6-8-21(30)15-19)37-24(28(31)34)16-25(32)33/h3-15,22,24,26-27H,2,16-17H2,1H3,(H,32,33)/t22?,24-,26+,27?/m0/s1. The van der Waals surface area contributed by atoms with Gasteiger partial charge in [0.25, 0.3) is 5.91 Å². The number of hydrogen-bond donors (Lipinski definition) is 1. The highest BCUT2D eigenvalue weighted by atomic mass is 35.5. The molecule has 1 aliphatic rings. The van der Waals surface area contributed by atoms with Crippen molar-refractivity contribution in [2.24, 2.45) is 0 Å². The highest BCUT2D eigenvalue weighted by molar-refractivity contribution is 7.91. The van der Waals surface area contributed by atoms with E-state index in [2.05, 4.69) is 0 Å². The number of morpholine rings is 1. The lowest BCUT2D eigenvalue weighted by atomic mass is 9.89. The second kappa shape index (κ2) is 11.9. The van der Waals surface area contributed by atoms with Crippen LogP contribution in [0.3, 0.4) is 0 Å². The van der Waals surface area contributed by atoms with Gasteiger partial charge >= 0.3 is 5.97 Å². The molecule has 3 aromatic rings. The van der Waals surface area contributed by atoms with E-state index in [1.54, 1.807) is 73.7 Å². The molecular weight excluding hydrogens is 549 g/mol. The van der Waals surface area contributed by atoms with Crippen molar-refractivity contribution in [3.05, 3.63) is 100 Å². The average molecular weight is 576 g/mol. The maximum Gasteiger partial charge on any atom is 0.306 e. The van der Waals surface area contributed by atoms with Crippen LogP contribution in [0.2, 0.25) is 10.0 Å². The molecule has 1 N–H and O–H groups in total. The second-order valence-corrected chi connectivity index (χ2v) is 12.0. The molecule has 0 spiro atoms. The molecule has 38 heavy (non-hydrogen) atoms. The van der Waals surface area contributed by atoms with Gasteiger partial charge in [-0.1, -0.05) is 72.6 Å². The number of carboxylic acid groups (broad SMARTS) is 1. The third kappa shape index (κ3) is 6.21. The van der Waals surface area contributed by atoms with Crippen LogP contribution in [0, 0.1) is 0 Å². The Balaban J connectivity index is 1.86. The second-order valence-electron chi connectivity index (χ2n) is 9.10. The van der Waals surface area contributed by atoms with Crippen LogP contribution in [0.15, 0.2) is 83.8 Å². The van der Waals surface area contributed by atoms with Crippen molar-refractivity contribution in [1.82, 2.24) is 4.90 Å². The van der Waals surface area contributed by atoms with Gasteiger partial charge in [-0.05, 0) is 53.9 Å². The van der Waals surface area contributed by atoms with E-state index in [9.17, 15) is 23.1 Å². The van der Waals surface area contributed by atoms with Gasteiger partial charge in [0.15, 0.2) is 9.84 Å². The van der Waals surface area contributed by atoms with E-state index < -0.39 is 52.4 Å². The van der Waals surface area contributed by atoms with Gasteiger partial charge < -0.3 is 14.7 Å². The quantitative estimate of drug-likeness (QED) is 0.349. The number of sulfone groups is 1. The molecule has 1 amide bonds. The van der Waals surface area contributed by atoms with E-state index in [4.69, 9.17) is 27.9 Å². The summed E-state index contributed by atoms with van der Waals surface area (Å²) >= 11 is 12.4. The normalized spacial score (nSPS) is 20.8. The number of halogens is 2. The van der Waals surface area contributed by atoms with Gasteiger partial charge in [-0.3, -0.25) is 9.59 Å². The predicted molar refractivity (Wildman–Crippen MR) is 145 cm³/mol. The summed E-state index contributed by atoms with van der Waals surface area (Å²) in [5, 5.41) is 10.5. The monoisotopic (exact) mass is 575 g/mol. The molecule has 3 aromatic carbocycles. The fraction of sp³-hybridized carbons (Fsp3) is 0.286. The van der Waals surface area contributed by atoms with Crippen molar-refractivity contribution >= 4 is 44.9 Å². The largest absolute Gasteiger partial charge is 0.481 e. The molecule has 4 atom stereocenters. The smallest absolute Gasteiger partial charge is 0.306 e. The zero-order chi connectivity index (χ0) is 27.4. The van der Waals surface area contributed by atoms with E-state index in [-0.39, 0.29) is 10.6 Å². The number of rotatable bonds is 9. The maximum atomic E-state index is 13.9. The van der Waals surface area contributed by atoms with Gasteiger partial charge in [0.05, 0.1) is 23.1 Å². The Morgan fingerprint density at radius 2 is 1.66 bits per heavy atom. The predicted octanol–water partition coefficient (Wildman–Crippen LogP) is 5.73. The number of aliphatic carboxylic acids is 1. The Morgan fingerprint density at radius 1 is 0.974 bits per heavy atom. The van der Waals surface area contributed by atoms with Crippen molar-refractivity contribution < 1.29 is 27.9 Å². The van der Waals surface area contributed by atoms with Gasteiger partial charge in [0.2, 0.25) is 0 Å². The Morgan fingerprint density at radius 3 is 2.26 bits per heavy atom. The van der Waals surface area contributed by atoms with Crippen molar-refractivity contribution in [3.63, 3.8) is 0 Å². The summed E-state index contributed by atoms with van der Waals surface area (Å²) in [5.41, 5.74) is 1.29. The first-order chi connectivity index (χ1) is 18.1. The Kier molecular flexibility index (Phi) is 8.78. The van der Waals surface area contributed by atoms with Gasteiger partial charge in [0, 0.05) is 16.1 Å². The number of amides is 1. The number of hydrogen-bond acceptors (Lipinski definition) is 5. The van der Waals surface area contributed by atoms with E-state index in [0.717, 1.165) is 0 Å². The van der Waals surface area contributed by atoms with Crippen LogP contribution in [0.5, 0.6) is 0 Å². The molecule has 2 unspecified atom stereocenters. The van der Waals surface area contributed by atoms with E-state index in [1.165, 1.54) is 17.0 Å². The highest BCUT2D eigenvalue weighted by Crippen LogP contribution is 2.45. The fourth-order valence-corrected chi connectivity index (χ4v) is 6.76. The van der Waals surface area contributed by atoms with Crippen LogP contribution in [0.1, 0.15) is 43.0 Å². The van der Waals surface area contributed by atoms with Crippen LogP contribution in [-0.2, 0) is 24.2 Å². The van der Waals surface area contributed by atoms with Crippen molar-refractivity contribution in [3.8, 4) is 0 Å². The number of ether oxygens (including phenoxy) is 1. The molecule has 0 bridgehead atoms. The first-order valence-corrected chi connectivity index (χ1v) is 14.5. The summed E-state index contributed by atoms with van der Waals surface area (Å²) in [7, 11) is -3.78. The summed E-state index contributed by atoms with van der Waals surface area (Å²) in [4.78, 5) is 27.2. The lowest BCUT2D eigenvalue weighted by molar-refractivity contribution is -0.182. The van der Waals surface area contributed by atoms with Crippen molar-refractivity contribution in [1.29, 1.82) is 0 Å². The lowest BCUT2D eigenvalue weighted by Crippen LogP contribution is -2.56. The number of nitrogens with zero attached hydrogens (tertiary/aromatic N) is 1. The van der Waals surface area contributed by atoms with Crippen LogP contribution in [0.4, 0.5) is 0 Å². The van der Waals surface area contributed by atoms with Gasteiger partial charge in [-0.2, -0.15) is 0 Å². The molecule has 1 fully saturated rings. The SMILES string of the molecule is CCC(CS(=O)(=O)c1ccccc1)N1C(=O)[C@H](CC(=O)O)OC(c2cccc(Cl)c2)[C@H]1c1ccc(Cl)cc1. The number of benzene rings is 3. The fourth-order valence-electron chi connectivity index (χ4n) is 4.77. The summed E-state index contributed by atoms with van der Waals surface area (Å²) in [6.07, 6.45) is -2.38. The molecule has 1 heterocycles. The van der Waals surface area contributed by atoms with Crippen LogP contribution in [0.25, 0.3) is 0 Å². The summed E-state index contributed by atoms with van der Waals surface area (Å²) in [6.45, 7) is 1.80. The zero-order valence-electron chi connectivity index (χ0n) is 20.5. The molecule has 0 radical (unpaired) electrons. The number of carbonyl (C=O) groups is 2. The molecule has 4 rings (SSSR count). The van der Waals surface area contributed by atoms with Gasteiger partial charge in [-0.15, -0.1) is 0 Å². The van der Waals surface area contributed by atoms with Gasteiger partial charge in [-0.25, -0.2) is 8.42 Å². The van der Waals surface area contributed by atoms with E-state index in [0.29, 0.717) is 27.6 Å². The molecule has 0 saturated carbocycles. The summed E-state index contributed by atoms with van der Waals surface area (Å²) < 4.78 is 33.0. The molecular formula is C28H27Cl2NO6S. The van der Waals surface area contributed by atoms with Crippen molar-refractivity contribution in [2.75, 3.05) is 5.75 Å². The van der Waals surface area contributed by atoms with E-state index in [1.807, 2.05) is 0 Å². The molecule has 0 aromatic heterocycles. The molecule has 200 valence electrons. The lowest BCUT2D eigenvalue weighted by Gasteiger charge is -2.48. The molecule has 1 saturated heterocycles. The van der Waals surface area contributed by atoms with Crippen LogP contribution >= 0.6 is 23.2 Å². The minimum absolute atomic E-state index is 0.149. The Bertz CT molecular complexity index is 1400. The third-order valence-electron chi connectivity index (χ3n) is 6.55. The average Bonchev–Trinajstić information content (AvgIpc) is 2.89. The molecule has 10 heteroatoms. The number of carboxylic acids is 1. The maximum absolute atomic E-state index is 13.9. The van der Waals surface area contributed by atoms with Gasteiger partial charge in [0.1, 0.15) is 12.2 Å². The van der Waals surface area contributed by atoms with Crippen LogP contribution in [-0.4, -0.2) is 48.2 Å². The zero-order valence-corrected chi connectivity index (χ0v) is 22.9. The summed E-state index contributed by atoms with van der Waals surface area (Å²) in [6, 6.07) is 20.3.